The van der Waals surface area contributed by atoms with Crippen molar-refractivity contribution in [3.8, 4) is 11.3 Å². The van der Waals surface area contributed by atoms with Gasteiger partial charge >= 0.3 is 5.97 Å². The Morgan fingerprint density at radius 3 is 2.86 bits per heavy atom. The average molecular weight is 285 g/mol. The molecule has 21 heavy (non-hydrogen) atoms. The van der Waals surface area contributed by atoms with Crippen LogP contribution in [0.4, 0.5) is 10.1 Å². The molecule has 0 unspecified atom stereocenters. The number of aliphatic carboxylic acids is 1. The minimum atomic E-state index is -1.01. The maximum atomic E-state index is 13.4. The topological polar surface area (TPSA) is 80.6 Å². The molecule has 6 heteroatoms. The van der Waals surface area contributed by atoms with E-state index in [1.807, 2.05) is 0 Å². The lowest BCUT2D eigenvalue weighted by molar-refractivity contribution is -0.136. The number of carboxylic acid groups (broad SMARTS) is 1. The van der Waals surface area contributed by atoms with Crippen molar-refractivity contribution in [3.63, 3.8) is 0 Å². The molecule has 1 aromatic carbocycles. The number of hydrogen-bond donors (Lipinski definition) is 2. The van der Waals surface area contributed by atoms with Gasteiger partial charge in [0.05, 0.1) is 17.8 Å². The SMILES string of the molecule is Nc1cccc(-c2nc3ccc(F)cn3c2CC(=O)O)c1. The van der Waals surface area contributed by atoms with E-state index in [-0.39, 0.29) is 6.42 Å². The molecule has 3 N–H and O–H groups in total. The van der Waals surface area contributed by atoms with E-state index in [1.165, 1.54) is 22.7 Å². The molecule has 3 rings (SSSR count). The van der Waals surface area contributed by atoms with Crippen LogP contribution in [0.1, 0.15) is 5.69 Å². The summed E-state index contributed by atoms with van der Waals surface area (Å²) in [6, 6.07) is 9.80. The number of carboxylic acids is 1. The van der Waals surface area contributed by atoms with Crippen LogP contribution in [0.25, 0.3) is 16.9 Å². The largest absolute Gasteiger partial charge is 0.481 e. The number of nitrogens with zero attached hydrogens (tertiary/aromatic N) is 2. The van der Waals surface area contributed by atoms with Crippen LogP contribution in [-0.2, 0) is 11.2 Å². The van der Waals surface area contributed by atoms with Gasteiger partial charge in [0, 0.05) is 17.4 Å². The van der Waals surface area contributed by atoms with E-state index in [0.29, 0.717) is 28.3 Å². The van der Waals surface area contributed by atoms with Gasteiger partial charge in [0.1, 0.15) is 11.5 Å². The molecular formula is C15H12FN3O2. The molecule has 0 amide bonds. The third-order valence-electron chi connectivity index (χ3n) is 3.16. The first-order valence-corrected chi connectivity index (χ1v) is 6.29. The summed E-state index contributed by atoms with van der Waals surface area (Å²) in [5.74, 6) is -1.46. The van der Waals surface area contributed by atoms with E-state index < -0.39 is 11.8 Å². The van der Waals surface area contributed by atoms with Crippen molar-refractivity contribution in [2.75, 3.05) is 5.73 Å². The number of halogens is 1. The second-order valence-corrected chi connectivity index (χ2v) is 4.68. The van der Waals surface area contributed by atoms with Gasteiger partial charge in [-0.25, -0.2) is 9.37 Å². The third kappa shape index (κ3) is 2.43. The Morgan fingerprint density at radius 1 is 1.33 bits per heavy atom. The smallest absolute Gasteiger partial charge is 0.309 e. The van der Waals surface area contributed by atoms with Crippen molar-refractivity contribution in [1.82, 2.24) is 9.38 Å². The zero-order valence-electron chi connectivity index (χ0n) is 11.0. The van der Waals surface area contributed by atoms with E-state index in [4.69, 9.17) is 10.8 Å². The van der Waals surface area contributed by atoms with Gasteiger partial charge in [0.2, 0.25) is 0 Å². The number of benzene rings is 1. The van der Waals surface area contributed by atoms with Crippen molar-refractivity contribution >= 4 is 17.3 Å². The number of rotatable bonds is 3. The first kappa shape index (κ1) is 13.1. The van der Waals surface area contributed by atoms with E-state index >= 15 is 0 Å². The summed E-state index contributed by atoms with van der Waals surface area (Å²) in [5, 5.41) is 9.08. The summed E-state index contributed by atoms with van der Waals surface area (Å²) in [6.45, 7) is 0. The second kappa shape index (κ2) is 4.90. The lowest BCUT2D eigenvalue weighted by Crippen LogP contribution is -2.05. The Hall–Kier alpha value is -2.89. The first-order valence-electron chi connectivity index (χ1n) is 6.29. The summed E-state index contributed by atoms with van der Waals surface area (Å²) in [4.78, 5) is 15.5. The van der Waals surface area contributed by atoms with Gasteiger partial charge in [0.15, 0.2) is 0 Å². The number of aromatic nitrogens is 2. The van der Waals surface area contributed by atoms with Crippen molar-refractivity contribution in [1.29, 1.82) is 0 Å². The molecule has 0 spiro atoms. The molecule has 0 aliphatic heterocycles. The van der Waals surface area contributed by atoms with Crippen LogP contribution in [-0.4, -0.2) is 20.5 Å². The van der Waals surface area contributed by atoms with Gasteiger partial charge < -0.3 is 10.8 Å². The average Bonchev–Trinajstić information content (AvgIpc) is 2.76. The molecule has 0 aliphatic carbocycles. The summed E-state index contributed by atoms with van der Waals surface area (Å²) in [5.41, 5.74) is 8.42. The molecular weight excluding hydrogens is 273 g/mol. The highest BCUT2D eigenvalue weighted by Gasteiger charge is 2.17. The van der Waals surface area contributed by atoms with Gasteiger partial charge in [-0.15, -0.1) is 0 Å². The molecule has 0 atom stereocenters. The molecule has 5 nitrogen and oxygen atoms in total. The Balaban J connectivity index is 2.28. The number of anilines is 1. The second-order valence-electron chi connectivity index (χ2n) is 4.68. The molecule has 106 valence electrons. The minimum absolute atomic E-state index is 0.255. The van der Waals surface area contributed by atoms with Crippen LogP contribution in [0, 0.1) is 5.82 Å². The molecule has 0 fully saturated rings. The normalized spacial score (nSPS) is 10.9. The van der Waals surface area contributed by atoms with Crippen LogP contribution < -0.4 is 5.73 Å². The Bertz CT molecular complexity index is 842. The number of nitrogen functional groups attached to an aromatic ring is 1. The van der Waals surface area contributed by atoms with Gasteiger partial charge in [-0.1, -0.05) is 12.1 Å². The van der Waals surface area contributed by atoms with Crippen LogP contribution in [0.3, 0.4) is 0 Å². The number of carbonyl (C=O) groups is 1. The molecule has 0 radical (unpaired) electrons. The highest BCUT2D eigenvalue weighted by Crippen LogP contribution is 2.26. The number of nitrogens with two attached hydrogens (primary N) is 1. The van der Waals surface area contributed by atoms with Gasteiger partial charge in [-0.3, -0.25) is 9.20 Å². The maximum Gasteiger partial charge on any atom is 0.309 e. The monoisotopic (exact) mass is 285 g/mol. The lowest BCUT2D eigenvalue weighted by Gasteiger charge is -2.03. The van der Waals surface area contributed by atoms with E-state index in [2.05, 4.69) is 4.98 Å². The van der Waals surface area contributed by atoms with Crippen molar-refractivity contribution in [2.45, 2.75) is 6.42 Å². The molecule has 3 aromatic rings. The molecule has 2 aromatic heterocycles. The molecule has 2 heterocycles. The van der Waals surface area contributed by atoms with Crippen LogP contribution in [0.15, 0.2) is 42.6 Å². The molecule has 0 bridgehead atoms. The zero-order valence-corrected chi connectivity index (χ0v) is 11.0. The van der Waals surface area contributed by atoms with Crippen LogP contribution in [0.2, 0.25) is 0 Å². The number of fused-ring (bicyclic) bond motifs is 1. The number of imidazole rings is 1. The third-order valence-corrected chi connectivity index (χ3v) is 3.16. The summed E-state index contributed by atoms with van der Waals surface area (Å²) >= 11 is 0. The van der Waals surface area contributed by atoms with Crippen molar-refractivity contribution < 1.29 is 14.3 Å². The number of pyridine rings is 1. The van der Waals surface area contributed by atoms with Crippen molar-refractivity contribution in [3.05, 3.63) is 54.1 Å². The zero-order chi connectivity index (χ0) is 15.0. The Morgan fingerprint density at radius 2 is 2.14 bits per heavy atom. The van der Waals surface area contributed by atoms with E-state index in [9.17, 15) is 9.18 Å². The van der Waals surface area contributed by atoms with E-state index in [1.54, 1.807) is 24.3 Å². The highest BCUT2D eigenvalue weighted by atomic mass is 19.1. The Labute approximate surface area is 119 Å². The molecule has 0 aliphatic rings. The fourth-order valence-corrected chi connectivity index (χ4v) is 2.30. The van der Waals surface area contributed by atoms with E-state index in [0.717, 1.165) is 0 Å². The van der Waals surface area contributed by atoms with Gasteiger partial charge in [-0.05, 0) is 24.3 Å². The molecule has 0 saturated heterocycles. The van der Waals surface area contributed by atoms with Crippen molar-refractivity contribution in [2.24, 2.45) is 0 Å². The van der Waals surface area contributed by atoms with Gasteiger partial charge in [-0.2, -0.15) is 0 Å². The van der Waals surface area contributed by atoms with Crippen LogP contribution in [0.5, 0.6) is 0 Å². The fraction of sp³-hybridized carbons (Fsp3) is 0.0667. The summed E-state index contributed by atoms with van der Waals surface area (Å²) < 4.78 is 14.9. The quantitative estimate of drug-likeness (QED) is 0.724. The summed E-state index contributed by atoms with van der Waals surface area (Å²) in [7, 11) is 0. The Kier molecular flexibility index (Phi) is 3.06. The van der Waals surface area contributed by atoms with Crippen LogP contribution >= 0.6 is 0 Å². The maximum absolute atomic E-state index is 13.4. The highest BCUT2D eigenvalue weighted by molar-refractivity contribution is 5.76. The summed E-state index contributed by atoms with van der Waals surface area (Å²) in [6.07, 6.45) is 0.977. The number of hydrogen-bond acceptors (Lipinski definition) is 3. The predicted molar refractivity (Wildman–Crippen MR) is 76.3 cm³/mol. The standard InChI is InChI=1S/C15H12FN3O2/c16-10-4-5-13-18-15(9-2-1-3-11(17)6-9)12(7-14(20)21)19(13)8-10/h1-6,8H,7,17H2,(H,20,21). The van der Waals surface area contributed by atoms with Gasteiger partial charge in [0.25, 0.3) is 0 Å². The predicted octanol–water partition coefficient (Wildman–Crippen LogP) is 2.35. The fourth-order valence-electron chi connectivity index (χ4n) is 2.30. The minimum Gasteiger partial charge on any atom is -0.481 e. The molecule has 0 saturated carbocycles. The lowest BCUT2D eigenvalue weighted by atomic mass is 10.1. The first-order chi connectivity index (χ1) is 10.0.